The lowest BCUT2D eigenvalue weighted by Crippen LogP contribution is -2.47. The second kappa shape index (κ2) is 6.02. The Morgan fingerprint density at radius 1 is 1.29 bits per heavy atom. The van der Waals surface area contributed by atoms with Gasteiger partial charge in [0.15, 0.2) is 0 Å². The van der Waals surface area contributed by atoms with Crippen molar-refractivity contribution in [2.45, 2.75) is 63.1 Å². The third-order valence-corrected chi connectivity index (χ3v) is 5.96. The predicted octanol–water partition coefficient (Wildman–Crippen LogP) is 4.79. The molecule has 1 saturated heterocycles. The number of hydrogen-bond acceptors (Lipinski definition) is 2. The second-order valence-corrected chi connectivity index (χ2v) is 7.86. The van der Waals surface area contributed by atoms with E-state index < -0.39 is 5.60 Å². The predicted molar refractivity (Wildman–Crippen MR) is 88.2 cm³/mol. The van der Waals surface area contributed by atoms with E-state index in [2.05, 4.69) is 15.9 Å². The summed E-state index contributed by atoms with van der Waals surface area (Å²) in [5, 5.41) is 11.2. The van der Waals surface area contributed by atoms with Crippen molar-refractivity contribution in [1.29, 1.82) is 0 Å². The zero-order valence-corrected chi connectivity index (χ0v) is 14.4. The summed E-state index contributed by atoms with van der Waals surface area (Å²) in [6.45, 7) is 2.76. The molecular weight excluding hydrogens is 328 g/mol. The van der Waals surface area contributed by atoms with Gasteiger partial charge in [-0.3, -0.25) is 0 Å². The Kier molecular flexibility index (Phi) is 4.45. The van der Waals surface area contributed by atoms with Crippen molar-refractivity contribution in [3.8, 4) is 0 Å². The molecule has 1 saturated carbocycles. The van der Waals surface area contributed by atoms with Gasteiger partial charge in [-0.05, 0) is 56.2 Å². The molecule has 2 unspecified atom stereocenters. The van der Waals surface area contributed by atoms with Crippen LogP contribution in [0.3, 0.4) is 0 Å². The maximum atomic E-state index is 11.2. The van der Waals surface area contributed by atoms with E-state index >= 15 is 0 Å². The molecule has 2 atom stereocenters. The van der Waals surface area contributed by atoms with E-state index in [1.807, 2.05) is 31.2 Å². The van der Waals surface area contributed by atoms with Crippen LogP contribution >= 0.6 is 15.9 Å². The fourth-order valence-electron chi connectivity index (χ4n) is 4.09. The van der Waals surface area contributed by atoms with Gasteiger partial charge in [0, 0.05) is 11.1 Å². The summed E-state index contributed by atoms with van der Waals surface area (Å²) in [4.78, 5) is 0. The number of rotatable bonds is 2. The van der Waals surface area contributed by atoms with Crippen LogP contribution in [0.2, 0.25) is 0 Å². The molecule has 3 rings (SSSR count). The van der Waals surface area contributed by atoms with E-state index in [0.29, 0.717) is 0 Å². The second-order valence-electron chi connectivity index (χ2n) is 6.94. The first-order chi connectivity index (χ1) is 10.0. The highest BCUT2D eigenvalue weighted by atomic mass is 79.9. The van der Waals surface area contributed by atoms with Gasteiger partial charge in [-0.25, -0.2) is 0 Å². The maximum Gasteiger partial charge on any atom is 0.0898 e. The first-order valence-electron chi connectivity index (χ1n) is 8.14. The smallest absolute Gasteiger partial charge is 0.0898 e. The van der Waals surface area contributed by atoms with E-state index in [1.54, 1.807) is 0 Å². The molecule has 1 aliphatic heterocycles. The third-order valence-electron chi connectivity index (χ3n) is 5.46. The summed E-state index contributed by atoms with van der Waals surface area (Å²) in [6, 6.07) is 8.09. The first-order valence-corrected chi connectivity index (χ1v) is 8.94. The van der Waals surface area contributed by atoms with Crippen molar-refractivity contribution in [1.82, 2.24) is 0 Å². The summed E-state index contributed by atoms with van der Waals surface area (Å²) in [5.74, 6) is 0.277. The molecule has 0 radical (unpaired) electrons. The Labute approximate surface area is 136 Å². The topological polar surface area (TPSA) is 29.5 Å². The van der Waals surface area contributed by atoms with Gasteiger partial charge < -0.3 is 9.84 Å². The van der Waals surface area contributed by atoms with Crippen molar-refractivity contribution < 1.29 is 9.84 Å². The Bertz CT molecular complexity index is 486. The van der Waals surface area contributed by atoms with Crippen molar-refractivity contribution in [3.05, 3.63) is 34.3 Å². The van der Waals surface area contributed by atoms with E-state index in [9.17, 15) is 5.11 Å². The molecule has 1 aromatic rings. The highest BCUT2D eigenvalue weighted by Gasteiger charge is 2.44. The molecule has 2 fully saturated rings. The van der Waals surface area contributed by atoms with Crippen LogP contribution in [0.5, 0.6) is 0 Å². The molecular formula is C18H25BrO2. The number of benzene rings is 1. The quantitative estimate of drug-likeness (QED) is 0.829. The first kappa shape index (κ1) is 15.5. The normalized spacial score (nSPS) is 28.2. The van der Waals surface area contributed by atoms with E-state index in [4.69, 9.17) is 4.74 Å². The van der Waals surface area contributed by atoms with Gasteiger partial charge >= 0.3 is 0 Å². The van der Waals surface area contributed by atoms with Crippen LogP contribution < -0.4 is 0 Å². The van der Waals surface area contributed by atoms with Crippen LogP contribution in [-0.2, 0) is 10.3 Å². The molecule has 2 nitrogen and oxygen atoms in total. The van der Waals surface area contributed by atoms with Gasteiger partial charge in [0.05, 0.1) is 11.2 Å². The van der Waals surface area contributed by atoms with Gasteiger partial charge in [0.2, 0.25) is 0 Å². The van der Waals surface area contributed by atoms with Crippen LogP contribution in [0.25, 0.3) is 0 Å². The van der Waals surface area contributed by atoms with Crippen molar-refractivity contribution in [2.75, 3.05) is 6.61 Å². The van der Waals surface area contributed by atoms with E-state index in [0.717, 1.165) is 42.3 Å². The number of aliphatic hydroxyl groups is 1. The minimum atomic E-state index is -0.780. The molecule has 0 bridgehead atoms. The molecule has 1 heterocycles. The molecule has 0 aromatic heterocycles. The molecule has 21 heavy (non-hydrogen) atoms. The van der Waals surface area contributed by atoms with Crippen LogP contribution in [0.1, 0.15) is 57.4 Å². The fraction of sp³-hybridized carbons (Fsp3) is 0.667. The van der Waals surface area contributed by atoms with Crippen LogP contribution in [-0.4, -0.2) is 17.3 Å². The van der Waals surface area contributed by atoms with E-state index in [1.165, 1.54) is 19.3 Å². The van der Waals surface area contributed by atoms with Gasteiger partial charge in [0.1, 0.15) is 0 Å². The lowest BCUT2D eigenvalue weighted by atomic mass is 9.69. The lowest BCUT2D eigenvalue weighted by molar-refractivity contribution is -0.154. The molecule has 116 valence electrons. The monoisotopic (exact) mass is 352 g/mol. The highest BCUT2D eigenvalue weighted by molar-refractivity contribution is 9.10. The molecule has 3 heteroatoms. The molecule has 1 aromatic carbocycles. The standard InChI is InChI=1S/C18H25BrO2/c1-17(20,14-6-5-7-16(19)12-14)15-8-11-21-18(13-15)9-3-2-4-10-18/h5-7,12,15,20H,2-4,8-11,13H2,1H3. The summed E-state index contributed by atoms with van der Waals surface area (Å²) >= 11 is 3.51. The summed E-state index contributed by atoms with van der Waals surface area (Å²) in [6.07, 6.45) is 8.14. The van der Waals surface area contributed by atoms with Crippen molar-refractivity contribution in [3.63, 3.8) is 0 Å². The van der Waals surface area contributed by atoms with Gasteiger partial charge in [-0.2, -0.15) is 0 Å². The Hall–Kier alpha value is -0.380. The van der Waals surface area contributed by atoms with Crippen LogP contribution in [0.15, 0.2) is 28.7 Å². The highest BCUT2D eigenvalue weighted by Crippen LogP contribution is 2.46. The minimum Gasteiger partial charge on any atom is -0.385 e. The SMILES string of the molecule is CC(O)(c1cccc(Br)c1)C1CCOC2(CCCCC2)C1. The number of halogens is 1. The Morgan fingerprint density at radius 2 is 2.05 bits per heavy atom. The summed E-state index contributed by atoms with van der Waals surface area (Å²) in [7, 11) is 0. The molecule has 1 spiro atoms. The zero-order chi connectivity index (χ0) is 14.9. The summed E-state index contributed by atoms with van der Waals surface area (Å²) in [5.41, 5.74) is 0.268. The average molecular weight is 353 g/mol. The van der Waals surface area contributed by atoms with E-state index in [-0.39, 0.29) is 11.5 Å². The van der Waals surface area contributed by atoms with Crippen molar-refractivity contribution >= 4 is 15.9 Å². The van der Waals surface area contributed by atoms with Crippen molar-refractivity contribution in [2.24, 2.45) is 5.92 Å². The molecule has 0 amide bonds. The minimum absolute atomic E-state index is 0.0389. The third kappa shape index (κ3) is 3.20. The van der Waals surface area contributed by atoms with Gasteiger partial charge in [-0.1, -0.05) is 47.3 Å². The number of ether oxygens (including phenoxy) is 1. The molecule has 1 N–H and O–H groups in total. The summed E-state index contributed by atoms with van der Waals surface area (Å²) < 4.78 is 7.20. The Morgan fingerprint density at radius 3 is 2.76 bits per heavy atom. The maximum absolute atomic E-state index is 11.2. The van der Waals surface area contributed by atoms with Gasteiger partial charge in [-0.15, -0.1) is 0 Å². The average Bonchev–Trinajstić information content (AvgIpc) is 2.48. The lowest BCUT2D eigenvalue weighted by Gasteiger charge is -2.47. The van der Waals surface area contributed by atoms with Gasteiger partial charge in [0.25, 0.3) is 0 Å². The Balaban J connectivity index is 1.81. The molecule has 1 aliphatic carbocycles. The zero-order valence-electron chi connectivity index (χ0n) is 12.8. The largest absolute Gasteiger partial charge is 0.385 e. The number of hydrogen-bond donors (Lipinski definition) is 1. The fourth-order valence-corrected chi connectivity index (χ4v) is 4.49. The van der Waals surface area contributed by atoms with Crippen LogP contribution in [0.4, 0.5) is 0 Å². The molecule has 2 aliphatic rings. The van der Waals surface area contributed by atoms with Crippen LogP contribution in [0, 0.1) is 5.92 Å².